The second-order valence-electron chi connectivity index (χ2n) is 5.57. The minimum Gasteiger partial charge on any atom is -0.308 e. The summed E-state index contributed by atoms with van der Waals surface area (Å²) in [6, 6.07) is 0. The highest BCUT2D eigenvalue weighted by atomic mass is 31.2. The minimum atomic E-state index is -2.99. The molecule has 0 rings (SSSR count). The van der Waals surface area contributed by atoms with Crippen LogP contribution < -0.4 is 5.32 Å². The van der Waals surface area contributed by atoms with Gasteiger partial charge in [0, 0.05) is 5.54 Å². The average Bonchev–Trinajstić information content (AvgIpc) is 2.27. The smallest absolute Gasteiger partial charge is 0.308 e. The predicted octanol–water partition coefficient (Wildman–Crippen LogP) is 4.16. The molecule has 0 aliphatic carbocycles. The van der Waals surface area contributed by atoms with Gasteiger partial charge < -0.3 is 14.4 Å². The first kappa shape index (κ1) is 18.1. The molecule has 0 aromatic heterocycles. The molecule has 0 fully saturated rings. The first-order valence-electron chi connectivity index (χ1n) is 6.96. The van der Waals surface area contributed by atoms with Crippen LogP contribution in [-0.2, 0) is 13.6 Å². The first-order valence-corrected chi connectivity index (χ1v) is 8.69. The first-order chi connectivity index (χ1) is 8.33. The fraction of sp³-hybridized carbons (Fsp3) is 1.00. The number of hydrogen-bond donors (Lipinski definition) is 1. The fourth-order valence-corrected chi connectivity index (χ4v) is 2.90. The summed E-state index contributed by atoms with van der Waals surface area (Å²) in [6.07, 6.45) is 4.17. The second-order valence-corrected chi connectivity index (χ2v) is 7.62. The van der Waals surface area contributed by atoms with Crippen LogP contribution in [0.2, 0.25) is 0 Å². The van der Waals surface area contributed by atoms with E-state index in [1.54, 1.807) is 0 Å². The van der Waals surface area contributed by atoms with Gasteiger partial charge in [0.05, 0.1) is 19.5 Å². The zero-order chi connectivity index (χ0) is 14.1. The van der Waals surface area contributed by atoms with Gasteiger partial charge in [-0.2, -0.15) is 0 Å². The molecule has 0 unspecified atom stereocenters. The van der Waals surface area contributed by atoms with Gasteiger partial charge in [-0.3, -0.25) is 4.57 Å². The highest BCUT2D eigenvalue weighted by Crippen LogP contribution is 2.47. The van der Waals surface area contributed by atoms with Gasteiger partial charge in [0.2, 0.25) is 0 Å². The van der Waals surface area contributed by atoms with Gasteiger partial charge in [-0.15, -0.1) is 0 Å². The highest BCUT2D eigenvalue weighted by molar-refractivity contribution is 7.53. The minimum absolute atomic E-state index is 0.0854. The lowest BCUT2D eigenvalue weighted by molar-refractivity contribution is 0.195. The van der Waals surface area contributed by atoms with Gasteiger partial charge in [0.25, 0.3) is 0 Å². The van der Waals surface area contributed by atoms with Crippen molar-refractivity contribution in [1.29, 1.82) is 0 Å². The molecule has 5 heteroatoms. The van der Waals surface area contributed by atoms with E-state index in [-0.39, 0.29) is 11.8 Å². The summed E-state index contributed by atoms with van der Waals surface area (Å²) in [5.74, 6) is 0. The van der Waals surface area contributed by atoms with Gasteiger partial charge in [-0.25, -0.2) is 0 Å². The highest BCUT2D eigenvalue weighted by Gasteiger charge is 2.26. The van der Waals surface area contributed by atoms with Crippen molar-refractivity contribution in [2.24, 2.45) is 0 Å². The van der Waals surface area contributed by atoms with Gasteiger partial charge in [-0.05, 0) is 33.6 Å². The molecule has 18 heavy (non-hydrogen) atoms. The van der Waals surface area contributed by atoms with Crippen molar-refractivity contribution >= 4 is 7.60 Å². The topological polar surface area (TPSA) is 47.6 Å². The van der Waals surface area contributed by atoms with Crippen molar-refractivity contribution in [3.8, 4) is 0 Å². The van der Waals surface area contributed by atoms with E-state index in [4.69, 9.17) is 9.05 Å². The maximum Gasteiger partial charge on any atom is 0.344 e. The lowest BCUT2D eigenvalue weighted by atomic mass is 10.1. The third kappa shape index (κ3) is 10.1. The molecule has 1 N–H and O–H groups in total. The zero-order valence-corrected chi connectivity index (χ0v) is 13.5. The molecule has 0 aromatic carbocycles. The van der Waals surface area contributed by atoms with E-state index in [1.807, 2.05) is 20.8 Å². The Kier molecular flexibility index (Phi) is 9.14. The van der Waals surface area contributed by atoms with Crippen LogP contribution in [0, 0.1) is 0 Å². The molecule has 0 radical (unpaired) electrons. The molecule has 0 aliphatic rings. The van der Waals surface area contributed by atoms with E-state index in [0.29, 0.717) is 13.2 Å². The van der Waals surface area contributed by atoms with Crippen LogP contribution in [-0.4, -0.2) is 25.0 Å². The standard InChI is InChI=1S/C13H30NO3P/c1-6-8-10-16-18(15,17-11-9-7-2)12-14-13(3,4)5/h14H,6-12H2,1-5H3. The molecule has 0 bridgehead atoms. The Morgan fingerprint density at radius 1 is 1.00 bits per heavy atom. The van der Waals surface area contributed by atoms with Crippen LogP contribution in [0.3, 0.4) is 0 Å². The summed E-state index contributed by atoms with van der Waals surface area (Å²) in [4.78, 5) is 0. The Bertz CT molecular complexity index is 237. The monoisotopic (exact) mass is 279 g/mol. The summed E-state index contributed by atoms with van der Waals surface area (Å²) >= 11 is 0. The lowest BCUT2D eigenvalue weighted by Gasteiger charge is -2.25. The van der Waals surface area contributed by atoms with E-state index in [1.165, 1.54) is 0 Å². The van der Waals surface area contributed by atoms with Crippen LogP contribution in [0.25, 0.3) is 0 Å². The van der Waals surface area contributed by atoms with Gasteiger partial charge in [0.1, 0.15) is 0 Å². The molecule has 110 valence electrons. The summed E-state index contributed by atoms with van der Waals surface area (Å²) in [5.41, 5.74) is -0.0854. The maximum atomic E-state index is 12.5. The van der Waals surface area contributed by atoms with Crippen molar-refractivity contribution < 1.29 is 13.6 Å². The molecule has 0 saturated heterocycles. The van der Waals surface area contributed by atoms with Gasteiger partial charge >= 0.3 is 7.60 Å². The number of rotatable bonds is 10. The Morgan fingerprint density at radius 2 is 1.44 bits per heavy atom. The van der Waals surface area contributed by atoms with Crippen molar-refractivity contribution in [2.75, 3.05) is 19.5 Å². The van der Waals surface area contributed by atoms with Crippen LogP contribution in [0.15, 0.2) is 0 Å². The maximum absolute atomic E-state index is 12.5. The third-order valence-electron chi connectivity index (χ3n) is 2.37. The van der Waals surface area contributed by atoms with Crippen LogP contribution in [0.1, 0.15) is 60.3 Å². The normalized spacial score (nSPS) is 12.9. The third-order valence-corrected chi connectivity index (χ3v) is 4.07. The van der Waals surface area contributed by atoms with Crippen molar-refractivity contribution in [3.63, 3.8) is 0 Å². The van der Waals surface area contributed by atoms with Crippen LogP contribution >= 0.6 is 7.60 Å². The van der Waals surface area contributed by atoms with Crippen molar-refractivity contribution in [1.82, 2.24) is 5.32 Å². The molecule has 0 aliphatic heterocycles. The van der Waals surface area contributed by atoms with Crippen LogP contribution in [0.5, 0.6) is 0 Å². The van der Waals surface area contributed by atoms with Crippen molar-refractivity contribution in [2.45, 2.75) is 65.8 Å². The SMILES string of the molecule is CCCCOP(=O)(CNC(C)(C)C)OCCCC. The van der Waals surface area contributed by atoms with Crippen LogP contribution in [0.4, 0.5) is 0 Å². The molecule has 4 nitrogen and oxygen atoms in total. The predicted molar refractivity (Wildman–Crippen MR) is 77.1 cm³/mol. The average molecular weight is 279 g/mol. The van der Waals surface area contributed by atoms with E-state index < -0.39 is 7.60 Å². The molecular formula is C13H30NO3P. The van der Waals surface area contributed by atoms with Gasteiger partial charge in [-0.1, -0.05) is 26.7 Å². The molecular weight excluding hydrogens is 249 g/mol. The molecule has 0 amide bonds. The summed E-state index contributed by atoms with van der Waals surface area (Å²) < 4.78 is 23.5. The second kappa shape index (κ2) is 9.08. The summed E-state index contributed by atoms with van der Waals surface area (Å²) in [5, 5.41) is 3.20. The molecule has 0 spiro atoms. The van der Waals surface area contributed by atoms with E-state index in [2.05, 4.69) is 19.2 Å². The largest absolute Gasteiger partial charge is 0.344 e. The van der Waals surface area contributed by atoms with Gasteiger partial charge in [0.15, 0.2) is 0 Å². The van der Waals surface area contributed by atoms with Crippen molar-refractivity contribution in [3.05, 3.63) is 0 Å². The van der Waals surface area contributed by atoms with E-state index in [0.717, 1.165) is 25.7 Å². The summed E-state index contributed by atoms with van der Waals surface area (Å²) in [6.45, 7) is 11.3. The Balaban J connectivity index is 4.25. The number of nitrogens with one attached hydrogen (secondary N) is 1. The number of hydrogen-bond acceptors (Lipinski definition) is 4. The number of unbranched alkanes of at least 4 members (excludes halogenated alkanes) is 2. The fourth-order valence-electron chi connectivity index (χ4n) is 1.16. The Labute approximate surface area is 112 Å². The quantitative estimate of drug-likeness (QED) is 0.482. The zero-order valence-electron chi connectivity index (χ0n) is 12.6. The Hall–Kier alpha value is 0.110. The lowest BCUT2D eigenvalue weighted by Crippen LogP contribution is -2.36. The Morgan fingerprint density at radius 3 is 1.78 bits per heavy atom. The van der Waals surface area contributed by atoms with E-state index >= 15 is 0 Å². The molecule has 0 atom stereocenters. The molecule has 0 saturated carbocycles. The molecule has 0 heterocycles. The molecule has 0 aromatic rings. The van der Waals surface area contributed by atoms with E-state index in [9.17, 15) is 4.57 Å². The summed E-state index contributed by atoms with van der Waals surface area (Å²) in [7, 11) is -2.99.